The maximum Gasteiger partial charge on any atom is 0.141 e. The fourth-order valence-corrected chi connectivity index (χ4v) is 2.14. The molecule has 3 nitrogen and oxygen atoms in total. The van der Waals surface area contributed by atoms with E-state index in [4.69, 9.17) is 4.74 Å². The Morgan fingerprint density at radius 1 is 1.14 bits per heavy atom. The topological polar surface area (TPSA) is 27.1 Å². The predicted molar refractivity (Wildman–Crippen MR) is 82.0 cm³/mol. The van der Waals surface area contributed by atoms with Gasteiger partial charge in [0.05, 0.1) is 16.4 Å². The van der Waals surface area contributed by atoms with E-state index in [0.29, 0.717) is 16.8 Å². The van der Waals surface area contributed by atoms with Gasteiger partial charge in [0.2, 0.25) is 0 Å². The van der Waals surface area contributed by atoms with Gasteiger partial charge in [-0.3, -0.25) is 0 Å². The highest BCUT2D eigenvalue weighted by Gasteiger charge is 2.04. The van der Waals surface area contributed by atoms with E-state index in [-0.39, 0.29) is 5.82 Å². The Hall–Kier alpha value is -2.14. The van der Waals surface area contributed by atoms with E-state index in [1.807, 2.05) is 36.5 Å². The Balaban J connectivity index is 1.69. The number of halogens is 2. The van der Waals surface area contributed by atoms with Crippen LogP contribution in [-0.4, -0.2) is 9.78 Å². The average Bonchev–Trinajstić information content (AvgIpc) is 2.98. The van der Waals surface area contributed by atoms with Crippen molar-refractivity contribution in [2.75, 3.05) is 0 Å². The van der Waals surface area contributed by atoms with Gasteiger partial charge in [-0.1, -0.05) is 18.2 Å². The van der Waals surface area contributed by atoms with E-state index in [0.717, 1.165) is 11.3 Å². The summed E-state index contributed by atoms with van der Waals surface area (Å²) in [6.07, 6.45) is 3.63. The second kappa shape index (κ2) is 6.10. The highest BCUT2D eigenvalue weighted by atomic mass is 79.9. The van der Waals surface area contributed by atoms with Crippen LogP contribution in [0, 0.1) is 5.82 Å². The third kappa shape index (κ3) is 3.31. The van der Waals surface area contributed by atoms with Crippen LogP contribution in [-0.2, 0) is 6.61 Å². The SMILES string of the molecule is Fc1cc(OCc2cnn(-c3ccccc3)c2)ccc1Br. The largest absolute Gasteiger partial charge is 0.489 e. The molecular formula is C16H12BrFN2O. The molecule has 0 saturated heterocycles. The molecule has 0 saturated carbocycles. The molecule has 0 spiro atoms. The third-order valence-electron chi connectivity index (χ3n) is 2.95. The normalized spacial score (nSPS) is 10.6. The number of aromatic nitrogens is 2. The second-order valence-electron chi connectivity index (χ2n) is 4.49. The summed E-state index contributed by atoms with van der Waals surface area (Å²) in [6, 6.07) is 14.5. The van der Waals surface area contributed by atoms with Crippen LogP contribution in [0.25, 0.3) is 5.69 Å². The lowest BCUT2D eigenvalue weighted by atomic mass is 10.3. The summed E-state index contributed by atoms with van der Waals surface area (Å²) in [5.41, 5.74) is 1.90. The fourth-order valence-electron chi connectivity index (χ4n) is 1.89. The van der Waals surface area contributed by atoms with Gasteiger partial charge in [-0.15, -0.1) is 0 Å². The molecule has 0 atom stereocenters. The van der Waals surface area contributed by atoms with E-state index in [1.165, 1.54) is 6.07 Å². The van der Waals surface area contributed by atoms with Crippen molar-refractivity contribution in [1.29, 1.82) is 0 Å². The summed E-state index contributed by atoms with van der Waals surface area (Å²) < 4.78 is 21.2. The first-order valence-electron chi connectivity index (χ1n) is 6.39. The van der Waals surface area contributed by atoms with Crippen LogP contribution in [0.2, 0.25) is 0 Å². The van der Waals surface area contributed by atoms with E-state index >= 15 is 0 Å². The molecule has 5 heteroatoms. The number of rotatable bonds is 4. The molecule has 0 aliphatic carbocycles. The molecule has 0 radical (unpaired) electrons. The van der Waals surface area contributed by atoms with Crippen molar-refractivity contribution in [3.05, 3.63) is 76.8 Å². The van der Waals surface area contributed by atoms with E-state index in [2.05, 4.69) is 21.0 Å². The summed E-state index contributed by atoms with van der Waals surface area (Å²) in [7, 11) is 0. The van der Waals surface area contributed by atoms with Crippen molar-refractivity contribution in [3.63, 3.8) is 0 Å². The zero-order chi connectivity index (χ0) is 14.7. The zero-order valence-corrected chi connectivity index (χ0v) is 12.6. The molecular weight excluding hydrogens is 335 g/mol. The molecule has 1 heterocycles. The van der Waals surface area contributed by atoms with Crippen molar-refractivity contribution in [1.82, 2.24) is 9.78 Å². The number of hydrogen-bond acceptors (Lipinski definition) is 2. The Morgan fingerprint density at radius 3 is 2.71 bits per heavy atom. The van der Waals surface area contributed by atoms with Gasteiger partial charge in [-0.25, -0.2) is 9.07 Å². The third-order valence-corrected chi connectivity index (χ3v) is 3.60. The number of benzene rings is 2. The second-order valence-corrected chi connectivity index (χ2v) is 5.35. The molecule has 0 N–H and O–H groups in total. The minimum Gasteiger partial charge on any atom is -0.489 e. The lowest BCUT2D eigenvalue weighted by Crippen LogP contribution is -1.95. The maximum atomic E-state index is 13.4. The van der Waals surface area contributed by atoms with Gasteiger partial charge in [-0.2, -0.15) is 5.10 Å². The summed E-state index contributed by atoms with van der Waals surface area (Å²) in [6.45, 7) is 0.341. The van der Waals surface area contributed by atoms with Crippen molar-refractivity contribution in [2.45, 2.75) is 6.61 Å². The minimum absolute atomic E-state index is 0.340. The van der Waals surface area contributed by atoms with Crippen molar-refractivity contribution in [2.24, 2.45) is 0 Å². The van der Waals surface area contributed by atoms with Crippen LogP contribution in [0.5, 0.6) is 5.75 Å². The molecule has 3 rings (SSSR count). The van der Waals surface area contributed by atoms with Crippen LogP contribution in [0.1, 0.15) is 5.56 Å². The zero-order valence-electron chi connectivity index (χ0n) is 11.0. The molecule has 21 heavy (non-hydrogen) atoms. The van der Waals surface area contributed by atoms with Crippen molar-refractivity contribution < 1.29 is 9.13 Å². The Kier molecular flexibility index (Phi) is 4.01. The lowest BCUT2D eigenvalue weighted by Gasteiger charge is -2.05. The molecule has 0 unspecified atom stereocenters. The van der Waals surface area contributed by atoms with Gasteiger partial charge in [0.25, 0.3) is 0 Å². The molecule has 0 amide bonds. The smallest absolute Gasteiger partial charge is 0.141 e. The molecule has 2 aromatic carbocycles. The van der Waals surface area contributed by atoms with E-state index in [1.54, 1.807) is 23.0 Å². The predicted octanol–water partition coefficient (Wildman–Crippen LogP) is 4.35. The quantitative estimate of drug-likeness (QED) is 0.702. The summed E-state index contributed by atoms with van der Waals surface area (Å²) >= 11 is 3.11. The lowest BCUT2D eigenvalue weighted by molar-refractivity contribution is 0.304. The first kappa shape index (κ1) is 13.8. The van der Waals surface area contributed by atoms with Crippen LogP contribution >= 0.6 is 15.9 Å². The molecule has 0 aliphatic heterocycles. The van der Waals surface area contributed by atoms with Gasteiger partial charge in [-0.05, 0) is 40.2 Å². The monoisotopic (exact) mass is 346 g/mol. The van der Waals surface area contributed by atoms with Crippen molar-refractivity contribution >= 4 is 15.9 Å². The number of para-hydroxylation sites is 1. The highest BCUT2D eigenvalue weighted by Crippen LogP contribution is 2.21. The molecule has 106 valence electrons. The summed E-state index contributed by atoms with van der Waals surface area (Å²) in [5.74, 6) is 0.149. The summed E-state index contributed by atoms with van der Waals surface area (Å²) in [5, 5.41) is 4.29. The highest BCUT2D eigenvalue weighted by molar-refractivity contribution is 9.10. The first-order valence-corrected chi connectivity index (χ1v) is 7.18. The van der Waals surface area contributed by atoms with Gasteiger partial charge < -0.3 is 4.74 Å². The molecule has 3 aromatic rings. The Morgan fingerprint density at radius 2 is 1.95 bits per heavy atom. The molecule has 1 aromatic heterocycles. The van der Waals surface area contributed by atoms with Crippen LogP contribution in [0.4, 0.5) is 4.39 Å². The summed E-state index contributed by atoms with van der Waals surface area (Å²) in [4.78, 5) is 0. The standard InChI is InChI=1S/C16H12BrFN2O/c17-15-7-6-14(8-16(15)18)21-11-12-9-19-20(10-12)13-4-2-1-3-5-13/h1-10H,11H2. The van der Waals surface area contributed by atoms with E-state index in [9.17, 15) is 4.39 Å². The van der Waals surface area contributed by atoms with Crippen LogP contribution in [0.15, 0.2) is 65.4 Å². The number of ether oxygens (including phenoxy) is 1. The Bertz CT molecular complexity index is 743. The first-order chi connectivity index (χ1) is 10.2. The maximum absolute atomic E-state index is 13.4. The van der Waals surface area contributed by atoms with Crippen molar-refractivity contribution in [3.8, 4) is 11.4 Å². The van der Waals surface area contributed by atoms with Gasteiger partial charge in [0, 0.05) is 17.8 Å². The number of hydrogen-bond donors (Lipinski definition) is 0. The van der Waals surface area contributed by atoms with E-state index < -0.39 is 0 Å². The minimum atomic E-state index is -0.340. The van der Waals surface area contributed by atoms with Crippen LogP contribution in [0.3, 0.4) is 0 Å². The van der Waals surface area contributed by atoms with Gasteiger partial charge >= 0.3 is 0 Å². The van der Waals surface area contributed by atoms with Crippen LogP contribution < -0.4 is 4.74 Å². The number of nitrogens with zero attached hydrogens (tertiary/aromatic N) is 2. The fraction of sp³-hybridized carbons (Fsp3) is 0.0625. The molecule has 0 fully saturated rings. The van der Waals surface area contributed by atoms with Gasteiger partial charge in [0.1, 0.15) is 18.2 Å². The van der Waals surface area contributed by atoms with Gasteiger partial charge in [0.15, 0.2) is 0 Å². The molecule has 0 aliphatic rings. The average molecular weight is 347 g/mol. The Labute approximate surface area is 130 Å². The molecule has 0 bridgehead atoms.